The van der Waals surface area contributed by atoms with Crippen molar-refractivity contribution in [3.05, 3.63) is 71.3 Å². The minimum absolute atomic E-state index is 0.134. The van der Waals surface area contributed by atoms with Crippen molar-refractivity contribution in [3.8, 4) is 0 Å². The fourth-order valence-corrected chi connectivity index (χ4v) is 5.08. The molecule has 4 rings (SSSR count). The standard InChI is InChI=1S/C26H32N2O3/c1-2-24(29)23-18-20(17-19-9-4-3-5-10-19)13-16-27(23)14-8-15-28-25(30)21-11-6-7-12-22(21)26(28)31/h3-7,9-12,20,23-24,29H,2,8,13-18H2,1H3/t20-,23-,24+/m1/s1. The minimum Gasteiger partial charge on any atom is -0.392 e. The van der Waals surface area contributed by atoms with Crippen molar-refractivity contribution in [3.63, 3.8) is 0 Å². The lowest BCUT2D eigenvalue weighted by atomic mass is 9.83. The van der Waals surface area contributed by atoms with Crippen LogP contribution in [0.1, 0.15) is 58.9 Å². The van der Waals surface area contributed by atoms with Crippen LogP contribution in [0.3, 0.4) is 0 Å². The second-order valence-electron chi connectivity index (χ2n) is 8.82. The number of hydrogen-bond donors (Lipinski definition) is 1. The molecule has 0 aliphatic carbocycles. The first-order valence-corrected chi connectivity index (χ1v) is 11.5. The third-order valence-corrected chi connectivity index (χ3v) is 6.80. The zero-order valence-electron chi connectivity index (χ0n) is 18.2. The molecule has 2 heterocycles. The molecule has 2 aliphatic heterocycles. The summed E-state index contributed by atoms with van der Waals surface area (Å²) in [4.78, 5) is 28.9. The number of fused-ring (bicyclic) bond motifs is 1. The van der Waals surface area contributed by atoms with Crippen LogP contribution in [0, 0.1) is 5.92 Å². The van der Waals surface area contributed by atoms with Crippen LogP contribution >= 0.6 is 0 Å². The maximum atomic E-state index is 12.6. The Morgan fingerprint density at radius 2 is 1.61 bits per heavy atom. The van der Waals surface area contributed by atoms with Gasteiger partial charge in [0.1, 0.15) is 0 Å². The van der Waals surface area contributed by atoms with Crippen LogP contribution in [-0.4, -0.2) is 58.5 Å². The Kier molecular flexibility index (Phi) is 6.83. The summed E-state index contributed by atoms with van der Waals surface area (Å²) in [6.07, 6.45) is 4.25. The van der Waals surface area contributed by atoms with Crippen LogP contribution in [0.2, 0.25) is 0 Å². The fraction of sp³-hybridized carbons (Fsp3) is 0.462. The molecule has 2 aliphatic rings. The first-order chi connectivity index (χ1) is 15.1. The van der Waals surface area contributed by atoms with E-state index >= 15 is 0 Å². The molecule has 3 atom stereocenters. The second kappa shape index (κ2) is 9.75. The second-order valence-corrected chi connectivity index (χ2v) is 8.82. The fourth-order valence-electron chi connectivity index (χ4n) is 5.08. The Balaban J connectivity index is 1.33. The van der Waals surface area contributed by atoms with E-state index in [1.54, 1.807) is 24.3 Å². The molecule has 1 fully saturated rings. The van der Waals surface area contributed by atoms with E-state index in [2.05, 4.69) is 29.2 Å². The van der Waals surface area contributed by atoms with E-state index in [0.29, 0.717) is 23.6 Å². The molecule has 2 aromatic carbocycles. The highest BCUT2D eigenvalue weighted by Gasteiger charge is 2.36. The van der Waals surface area contributed by atoms with Gasteiger partial charge >= 0.3 is 0 Å². The summed E-state index contributed by atoms with van der Waals surface area (Å²) >= 11 is 0. The Hall–Kier alpha value is -2.50. The lowest BCUT2D eigenvalue weighted by Crippen LogP contribution is -2.50. The smallest absolute Gasteiger partial charge is 0.261 e. The molecule has 0 saturated carbocycles. The third-order valence-electron chi connectivity index (χ3n) is 6.80. The monoisotopic (exact) mass is 420 g/mol. The number of likely N-dealkylation sites (tertiary alicyclic amines) is 1. The summed E-state index contributed by atoms with van der Waals surface area (Å²) in [5.41, 5.74) is 2.37. The van der Waals surface area contributed by atoms with Crippen molar-refractivity contribution in [1.29, 1.82) is 0 Å². The molecular formula is C26H32N2O3. The van der Waals surface area contributed by atoms with Crippen LogP contribution in [0.4, 0.5) is 0 Å². The topological polar surface area (TPSA) is 60.9 Å². The summed E-state index contributed by atoms with van der Waals surface area (Å²) in [6.45, 7) is 4.18. The molecule has 2 amide bonds. The van der Waals surface area contributed by atoms with Gasteiger partial charge in [-0.2, -0.15) is 0 Å². The predicted molar refractivity (Wildman–Crippen MR) is 121 cm³/mol. The van der Waals surface area contributed by atoms with Gasteiger partial charge in [0, 0.05) is 19.1 Å². The van der Waals surface area contributed by atoms with E-state index in [0.717, 1.165) is 45.2 Å². The number of aliphatic hydroxyl groups is 1. The maximum Gasteiger partial charge on any atom is 0.261 e. The van der Waals surface area contributed by atoms with E-state index < -0.39 is 0 Å². The van der Waals surface area contributed by atoms with Gasteiger partial charge in [-0.25, -0.2) is 0 Å². The molecule has 1 N–H and O–H groups in total. The normalized spacial score (nSPS) is 22.6. The number of benzene rings is 2. The van der Waals surface area contributed by atoms with Crippen LogP contribution < -0.4 is 0 Å². The molecule has 2 aromatic rings. The highest BCUT2D eigenvalue weighted by Crippen LogP contribution is 2.29. The van der Waals surface area contributed by atoms with E-state index in [9.17, 15) is 14.7 Å². The van der Waals surface area contributed by atoms with Crippen molar-refractivity contribution >= 4 is 11.8 Å². The van der Waals surface area contributed by atoms with Gasteiger partial charge in [0.05, 0.1) is 17.2 Å². The summed E-state index contributed by atoms with van der Waals surface area (Å²) in [5.74, 6) is 0.195. The quantitative estimate of drug-likeness (QED) is 0.661. The predicted octanol–water partition coefficient (Wildman–Crippen LogP) is 3.77. The number of carbonyl (C=O) groups is 2. The van der Waals surface area contributed by atoms with Crippen molar-refractivity contribution in [2.45, 2.75) is 51.2 Å². The summed E-state index contributed by atoms with van der Waals surface area (Å²) in [6, 6.07) is 17.7. The van der Waals surface area contributed by atoms with Gasteiger partial charge in [0.25, 0.3) is 11.8 Å². The highest BCUT2D eigenvalue weighted by molar-refractivity contribution is 6.21. The molecule has 0 spiro atoms. The average Bonchev–Trinajstić information content (AvgIpc) is 3.05. The zero-order valence-corrected chi connectivity index (χ0v) is 18.2. The molecule has 31 heavy (non-hydrogen) atoms. The van der Waals surface area contributed by atoms with Crippen molar-refractivity contribution in [2.75, 3.05) is 19.6 Å². The number of nitrogens with zero attached hydrogens (tertiary/aromatic N) is 2. The molecular weight excluding hydrogens is 388 g/mol. The van der Waals surface area contributed by atoms with Gasteiger partial charge in [-0.1, -0.05) is 49.4 Å². The molecule has 5 nitrogen and oxygen atoms in total. The number of aliphatic hydroxyl groups excluding tert-OH is 1. The van der Waals surface area contributed by atoms with Crippen LogP contribution in [0.25, 0.3) is 0 Å². The number of hydrogen-bond acceptors (Lipinski definition) is 4. The summed E-state index contributed by atoms with van der Waals surface area (Å²) in [5, 5.41) is 10.7. The lowest BCUT2D eigenvalue weighted by Gasteiger charge is -2.42. The lowest BCUT2D eigenvalue weighted by molar-refractivity contribution is 0.00567. The van der Waals surface area contributed by atoms with E-state index in [1.807, 2.05) is 13.0 Å². The van der Waals surface area contributed by atoms with Gasteiger partial charge in [-0.15, -0.1) is 0 Å². The van der Waals surface area contributed by atoms with E-state index in [-0.39, 0.29) is 24.0 Å². The number of carbonyl (C=O) groups excluding carboxylic acids is 2. The van der Waals surface area contributed by atoms with Crippen LogP contribution in [0.15, 0.2) is 54.6 Å². The first kappa shape index (κ1) is 21.7. The Labute approximate surface area is 184 Å². The van der Waals surface area contributed by atoms with E-state index in [1.165, 1.54) is 10.5 Å². The maximum absolute atomic E-state index is 12.6. The Morgan fingerprint density at radius 3 is 2.26 bits per heavy atom. The number of imide groups is 1. The molecule has 5 heteroatoms. The third kappa shape index (κ3) is 4.73. The van der Waals surface area contributed by atoms with Gasteiger partial charge in [-0.05, 0) is 62.3 Å². The van der Waals surface area contributed by atoms with Crippen molar-refractivity contribution in [2.24, 2.45) is 5.92 Å². The van der Waals surface area contributed by atoms with Gasteiger partial charge in [-0.3, -0.25) is 19.4 Å². The molecule has 164 valence electrons. The van der Waals surface area contributed by atoms with Gasteiger partial charge < -0.3 is 5.11 Å². The average molecular weight is 421 g/mol. The number of amides is 2. The first-order valence-electron chi connectivity index (χ1n) is 11.5. The Morgan fingerprint density at radius 1 is 0.968 bits per heavy atom. The van der Waals surface area contributed by atoms with Crippen molar-refractivity contribution in [1.82, 2.24) is 9.80 Å². The summed E-state index contributed by atoms with van der Waals surface area (Å²) < 4.78 is 0. The SMILES string of the molecule is CC[C@H](O)[C@H]1C[C@@H](Cc2ccccc2)CCN1CCCN1C(=O)c2ccccc2C1=O. The van der Waals surface area contributed by atoms with Crippen LogP contribution in [-0.2, 0) is 6.42 Å². The van der Waals surface area contributed by atoms with Gasteiger partial charge in [0.2, 0.25) is 0 Å². The Bertz CT molecular complexity index is 879. The summed E-state index contributed by atoms with van der Waals surface area (Å²) in [7, 11) is 0. The zero-order chi connectivity index (χ0) is 21.8. The number of piperidine rings is 1. The van der Waals surface area contributed by atoms with Crippen LogP contribution in [0.5, 0.6) is 0 Å². The number of rotatable bonds is 8. The molecule has 0 unspecified atom stereocenters. The molecule has 0 bridgehead atoms. The van der Waals surface area contributed by atoms with Gasteiger partial charge in [0.15, 0.2) is 0 Å². The molecule has 1 saturated heterocycles. The minimum atomic E-state index is -0.349. The highest BCUT2D eigenvalue weighted by atomic mass is 16.3. The van der Waals surface area contributed by atoms with E-state index in [4.69, 9.17) is 0 Å². The largest absolute Gasteiger partial charge is 0.392 e. The molecule has 0 aromatic heterocycles. The van der Waals surface area contributed by atoms with Crippen molar-refractivity contribution < 1.29 is 14.7 Å². The molecule has 0 radical (unpaired) electrons.